The molecule has 6 aromatic rings. The summed E-state index contributed by atoms with van der Waals surface area (Å²) in [6.07, 6.45) is 0.603. The van der Waals surface area contributed by atoms with Crippen molar-refractivity contribution in [1.29, 1.82) is 0 Å². The number of hydrogen-bond acceptors (Lipinski definition) is 6. The Hall–Kier alpha value is -4.81. The van der Waals surface area contributed by atoms with Gasteiger partial charge in [-0.2, -0.15) is 0 Å². The normalized spacial score (nSPS) is 11.1. The molecule has 0 saturated carbocycles. The van der Waals surface area contributed by atoms with Gasteiger partial charge >= 0.3 is 0 Å². The number of nitrogens with zero attached hydrogens (tertiary/aromatic N) is 2. The van der Waals surface area contributed by atoms with Crippen LogP contribution in [0.2, 0.25) is 0 Å². The maximum Gasteiger partial charge on any atom is 0.160 e. The SMILES string of the molecule is CCOC(=S)CC(c1ccc(OCc2ccc3ccccc3n2)cc1)c1ccc(OCc2ccc3ccccc3n2)cc1. The third-order valence-corrected chi connectivity index (χ3v) is 7.61. The van der Waals surface area contributed by atoms with E-state index in [4.69, 9.17) is 36.4 Å². The summed E-state index contributed by atoms with van der Waals surface area (Å²) in [5.74, 6) is 1.61. The lowest BCUT2D eigenvalue weighted by Gasteiger charge is -2.19. The minimum absolute atomic E-state index is 0.0338. The van der Waals surface area contributed by atoms with Gasteiger partial charge in [-0.1, -0.05) is 72.8 Å². The van der Waals surface area contributed by atoms with Gasteiger partial charge in [0.15, 0.2) is 5.05 Å². The van der Waals surface area contributed by atoms with E-state index >= 15 is 0 Å². The number of hydrogen-bond donors (Lipinski definition) is 0. The summed E-state index contributed by atoms with van der Waals surface area (Å²) in [6, 6.07) is 40.7. The van der Waals surface area contributed by atoms with Crippen LogP contribution in [-0.2, 0) is 18.0 Å². The third-order valence-electron chi connectivity index (χ3n) is 7.33. The van der Waals surface area contributed by atoms with E-state index in [0.717, 1.165) is 55.8 Å². The lowest BCUT2D eigenvalue weighted by Crippen LogP contribution is -2.10. The van der Waals surface area contributed by atoms with Gasteiger partial charge in [0, 0.05) is 23.1 Å². The fraction of sp³-hybridized carbons (Fsp3) is 0.162. The highest BCUT2D eigenvalue weighted by Gasteiger charge is 2.18. The van der Waals surface area contributed by atoms with Crippen molar-refractivity contribution in [2.24, 2.45) is 0 Å². The number of aromatic nitrogens is 2. The Morgan fingerprint density at radius 3 is 1.53 bits per heavy atom. The number of ether oxygens (including phenoxy) is 3. The average molecular weight is 585 g/mol. The van der Waals surface area contributed by atoms with Gasteiger partial charge in [0.1, 0.15) is 24.7 Å². The fourth-order valence-corrected chi connectivity index (χ4v) is 5.38. The zero-order chi connectivity index (χ0) is 29.4. The smallest absolute Gasteiger partial charge is 0.160 e. The molecule has 2 aromatic heterocycles. The van der Waals surface area contributed by atoms with E-state index in [2.05, 4.69) is 48.5 Å². The first-order valence-corrected chi connectivity index (χ1v) is 14.9. The van der Waals surface area contributed by atoms with E-state index in [1.807, 2.05) is 79.7 Å². The summed E-state index contributed by atoms with van der Waals surface area (Å²) in [6.45, 7) is 3.31. The highest BCUT2D eigenvalue weighted by atomic mass is 32.1. The zero-order valence-electron chi connectivity index (χ0n) is 24.0. The van der Waals surface area contributed by atoms with Gasteiger partial charge in [-0.25, -0.2) is 9.97 Å². The highest BCUT2D eigenvalue weighted by molar-refractivity contribution is 7.80. The summed E-state index contributed by atoms with van der Waals surface area (Å²) in [5.41, 5.74) is 5.98. The summed E-state index contributed by atoms with van der Waals surface area (Å²) in [7, 11) is 0. The molecule has 0 bridgehead atoms. The van der Waals surface area contributed by atoms with Crippen LogP contribution in [0.1, 0.15) is 41.8 Å². The topological polar surface area (TPSA) is 53.5 Å². The zero-order valence-corrected chi connectivity index (χ0v) is 24.8. The maximum atomic E-state index is 6.07. The molecule has 0 aliphatic heterocycles. The molecule has 0 saturated heterocycles. The molecule has 0 atom stereocenters. The van der Waals surface area contributed by atoms with E-state index in [-0.39, 0.29) is 5.92 Å². The monoisotopic (exact) mass is 584 g/mol. The second-order valence-corrected chi connectivity index (χ2v) is 10.7. The van der Waals surface area contributed by atoms with Crippen molar-refractivity contribution in [2.45, 2.75) is 32.5 Å². The van der Waals surface area contributed by atoms with E-state index in [9.17, 15) is 0 Å². The van der Waals surface area contributed by atoms with Crippen molar-refractivity contribution in [1.82, 2.24) is 9.97 Å². The van der Waals surface area contributed by atoms with Gasteiger partial charge in [-0.15, -0.1) is 0 Å². The Balaban J connectivity index is 1.13. The van der Waals surface area contributed by atoms with E-state index in [1.54, 1.807) is 0 Å². The molecule has 43 heavy (non-hydrogen) atoms. The van der Waals surface area contributed by atoms with Crippen LogP contribution >= 0.6 is 12.2 Å². The second kappa shape index (κ2) is 13.4. The van der Waals surface area contributed by atoms with E-state index < -0.39 is 0 Å². The van der Waals surface area contributed by atoms with Gasteiger partial charge in [0.05, 0.1) is 29.0 Å². The minimum Gasteiger partial charge on any atom is -0.487 e. The minimum atomic E-state index is 0.0338. The molecular weight excluding hydrogens is 552 g/mol. The molecule has 0 amide bonds. The van der Waals surface area contributed by atoms with Crippen molar-refractivity contribution in [2.75, 3.05) is 6.61 Å². The van der Waals surface area contributed by atoms with Crippen LogP contribution in [0.5, 0.6) is 11.5 Å². The van der Waals surface area contributed by atoms with Crippen LogP contribution in [0.3, 0.4) is 0 Å². The summed E-state index contributed by atoms with van der Waals surface area (Å²) in [5, 5.41) is 2.83. The molecule has 0 aliphatic rings. The predicted octanol–water partition coefficient (Wildman–Crippen LogP) is 8.83. The molecule has 2 heterocycles. The first kappa shape index (κ1) is 28.3. The summed E-state index contributed by atoms with van der Waals surface area (Å²) in [4.78, 5) is 9.42. The molecule has 6 heteroatoms. The summed E-state index contributed by atoms with van der Waals surface area (Å²) >= 11 is 5.55. The van der Waals surface area contributed by atoms with E-state index in [0.29, 0.717) is 31.3 Å². The Labute approximate surface area is 257 Å². The number of fused-ring (bicyclic) bond motifs is 2. The van der Waals surface area contributed by atoms with Crippen molar-refractivity contribution >= 4 is 39.1 Å². The molecule has 0 radical (unpaired) electrons. The largest absolute Gasteiger partial charge is 0.487 e. The van der Waals surface area contributed by atoms with Crippen LogP contribution in [0, 0.1) is 0 Å². The fourth-order valence-electron chi connectivity index (χ4n) is 5.10. The first-order valence-electron chi connectivity index (χ1n) is 14.4. The molecule has 0 N–H and O–H groups in total. The number of pyridine rings is 2. The van der Waals surface area contributed by atoms with Crippen molar-refractivity contribution in [3.05, 3.63) is 144 Å². The van der Waals surface area contributed by atoms with Crippen LogP contribution in [0.15, 0.2) is 121 Å². The van der Waals surface area contributed by atoms with Gasteiger partial charge in [-0.05, 0) is 78.8 Å². The molecule has 0 unspecified atom stereocenters. The Morgan fingerprint density at radius 1 is 0.605 bits per heavy atom. The van der Waals surface area contributed by atoms with Crippen LogP contribution in [0.25, 0.3) is 21.8 Å². The Morgan fingerprint density at radius 2 is 1.07 bits per heavy atom. The molecule has 5 nitrogen and oxygen atoms in total. The van der Waals surface area contributed by atoms with Gasteiger partial charge in [0.2, 0.25) is 0 Å². The lowest BCUT2D eigenvalue weighted by molar-refractivity contribution is 0.301. The molecule has 4 aromatic carbocycles. The molecule has 0 fully saturated rings. The van der Waals surface area contributed by atoms with Crippen molar-refractivity contribution in [3.8, 4) is 11.5 Å². The van der Waals surface area contributed by atoms with Crippen LogP contribution in [0.4, 0.5) is 0 Å². The molecule has 214 valence electrons. The number of para-hydroxylation sites is 2. The van der Waals surface area contributed by atoms with Gasteiger partial charge < -0.3 is 14.2 Å². The van der Waals surface area contributed by atoms with Crippen molar-refractivity contribution < 1.29 is 14.2 Å². The van der Waals surface area contributed by atoms with Gasteiger partial charge in [-0.3, -0.25) is 0 Å². The Kier molecular flexibility index (Phi) is 8.85. The van der Waals surface area contributed by atoms with Crippen molar-refractivity contribution in [3.63, 3.8) is 0 Å². The number of benzene rings is 4. The maximum absolute atomic E-state index is 6.07. The summed E-state index contributed by atoms with van der Waals surface area (Å²) < 4.78 is 17.8. The van der Waals surface area contributed by atoms with Crippen LogP contribution in [-0.4, -0.2) is 21.6 Å². The van der Waals surface area contributed by atoms with Crippen LogP contribution < -0.4 is 9.47 Å². The molecule has 0 spiro atoms. The first-order chi connectivity index (χ1) is 21.1. The predicted molar refractivity (Wildman–Crippen MR) is 176 cm³/mol. The number of rotatable bonds is 11. The third kappa shape index (κ3) is 7.16. The number of thiocarbonyl (C=S) groups is 1. The average Bonchev–Trinajstić information content (AvgIpc) is 3.06. The second-order valence-electron chi connectivity index (χ2n) is 10.3. The quantitative estimate of drug-likeness (QED) is 0.142. The molecule has 6 rings (SSSR count). The Bertz CT molecular complexity index is 1710. The lowest BCUT2D eigenvalue weighted by atomic mass is 9.88. The molecule has 0 aliphatic carbocycles. The standard InChI is InChI=1S/C37H32N2O3S/c1-2-40-37(43)23-34(26-13-19-32(20-14-26)41-24-30-17-11-28-7-3-5-9-35(28)38-30)27-15-21-33(22-16-27)42-25-31-18-12-29-8-4-6-10-36(29)39-31/h3-22,34H,2,23-25H2,1H3. The van der Waals surface area contributed by atoms with E-state index in [1.165, 1.54) is 0 Å². The van der Waals surface area contributed by atoms with Gasteiger partial charge in [0.25, 0.3) is 0 Å². The highest BCUT2D eigenvalue weighted by Crippen LogP contribution is 2.32. The molecular formula is C37H32N2O3S.